The number of esters is 1. The normalized spacial score (nSPS) is 19.4. The van der Waals surface area contributed by atoms with Crippen molar-refractivity contribution < 1.29 is 56.2 Å². The van der Waals surface area contributed by atoms with Crippen molar-refractivity contribution in [2.75, 3.05) is 26.4 Å². The van der Waals surface area contributed by atoms with Gasteiger partial charge in [-0.15, -0.1) is 0 Å². The predicted molar refractivity (Wildman–Crippen MR) is 271 cm³/mol. The highest BCUT2D eigenvalue weighted by molar-refractivity contribution is 7.80. The van der Waals surface area contributed by atoms with E-state index in [1.807, 2.05) is 0 Å². The average Bonchev–Trinajstić information content (AvgIpc) is 3.30. The van der Waals surface area contributed by atoms with E-state index in [0.29, 0.717) is 13.0 Å². The first-order chi connectivity index (χ1) is 32.6. The lowest BCUT2D eigenvalue weighted by atomic mass is 9.99. The maximum absolute atomic E-state index is 12.9. The third-order valence-corrected chi connectivity index (χ3v) is 13.6. The highest BCUT2D eigenvalue weighted by Gasteiger charge is 2.48. The second-order valence-electron chi connectivity index (χ2n) is 19.5. The van der Waals surface area contributed by atoms with Crippen LogP contribution < -0.4 is 0 Å². The quantitative estimate of drug-likeness (QED) is 0.0197. The first kappa shape index (κ1) is 63.9. The van der Waals surface area contributed by atoms with Crippen molar-refractivity contribution in [1.82, 2.24) is 0 Å². The zero-order valence-corrected chi connectivity index (χ0v) is 43.8. The monoisotopic (exact) mass is 977 g/mol. The summed E-state index contributed by atoms with van der Waals surface area (Å²) < 4.78 is 59.4. The van der Waals surface area contributed by atoms with Gasteiger partial charge in [-0.05, 0) is 38.5 Å². The van der Waals surface area contributed by atoms with Crippen molar-refractivity contribution >= 4 is 16.4 Å². The summed E-state index contributed by atoms with van der Waals surface area (Å²) in [6.45, 7) is 4.05. The topological polar surface area (TPSA) is 178 Å². The minimum atomic E-state index is -5.06. The highest BCUT2D eigenvalue weighted by atomic mass is 32.3. The van der Waals surface area contributed by atoms with E-state index in [1.54, 1.807) is 0 Å². The molecule has 398 valence electrons. The van der Waals surface area contributed by atoms with Crippen molar-refractivity contribution in [3.8, 4) is 0 Å². The lowest BCUT2D eigenvalue weighted by Gasteiger charge is -2.41. The van der Waals surface area contributed by atoms with Gasteiger partial charge in [-0.3, -0.25) is 9.35 Å². The number of carbonyl (C=O) groups is 1. The van der Waals surface area contributed by atoms with Crippen LogP contribution in [0.15, 0.2) is 12.2 Å². The summed E-state index contributed by atoms with van der Waals surface area (Å²) in [6.07, 6.45) is 43.9. The van der Waals surface area contributed by atoms with Crippen molar-refractivity contribution in [2.24, 2.45) is 0 Å². The van der Waals surface area contributed by atoms with Crippen LogP contribution in [-0.4, -0.2) is 97.5 Å². The van der Waals surface area contributed by atoms with E-state index in [4.69, 9.17) is 18.9 Å². The Balaban J connectivity index is 2.28. The van der Waals surface area contributed by atoms with Crippen LogP contribution in [0.1, 0.15) is 264 Å². The van der Waals surface area contributed by atoms with E-state index in [2.05, 4.69) is 30.2 Å². The van der Waals surface area contributed by atoms with E-state index >= 15 is 0 Å². The minimum Gasteiger partial charge on any atom is -0.457 e. The molecule has 0 radical (unpaired) electrons. The summed E-state index contributed by atoms with van der Waals surface area (Å²) in [5.74, 6) is -0.392. The van der Waals surface area contributed by atoms with Gasteiger partial charge in [0.15, 0.2) is 6.29 Å². The van der Waals surface area contributed by atoms with Crippen LogP contribution in [0.3, 0.4) is 0 Å². The van der Waals surface area contributed by atoms with E-state index in [-0.39, 0.29) is 19.6 Å². The molecule has 0 aromatic heterocycles. The van der Waals surface area contributed by atoms with Crippen LogP contribution >= 0.6 is 0 Å². The van der Waals surface area contributed by atoms with E-state index in [1.165, 1.54) is 199 Å². The van der Waals surface area contributed by atoms with Gasteiger partial charge in [-0.1, -0.05) is 231 Å². The number of rotatable bonds is 50. The van der Waals surface area contributed by atoms with E-state index < -0.39 is 59.8 Å². The van der Waals surface area contributed by atoms with Crippen LogP contribution in [0, 0.1) is 0 Å². The molecule has 1 heterocycles. The van der Waals surface area contributed by atoms with Crippen molar-refractivity contribution in [1.29, 1.82) is 0 Å². The number of aliphatic hydroxyl groups is 3. The number of ether oxygens (including phenoxy) is 4. The molecular weight excluding hydrogens is 873 g/mol. The van der Waals surface area contributed by atoms with Gasteiger partial charge < -0.3 is 34.3 Å². The Morgan fingerprint density at radius 2 is 0.940 bits per heavy atom. The summed E-state index contributed by atoms with van der Waals surface area (Å²) in [7, 11) is -5.06. The molecule has 0 spiro atoms. The van der Waals surface area contributed by atoms with Gasteiger partial charge in [0.05, 0.1) is 19.8 Å². The molecule has 6 unspecified atom stereocenters. The molecule has 12 nitrogen and oxygen atoms in total. The second-order valence-corrected chi connectivity index (χ2v) is 20.6. The Kier molecular flexibility index (Phi) is 43.8. The number of hydrogen-bond donors (Lipinski definition) is 4. The second kappa shape index (κ2) is 45.9. The molecule has 1 saturated heterocycles. The first-order valence-electron chi connectivity index (χ1n) is 27.9. The third kappa shape index (κ3) is 39.2. The van der Waals surface area contributed by atoms with Crippen molar-refractivity contribution in [3.63, 3.8) is 0 Å². The molecule has 13 heteroatoms. The van der Waals surface area contributed by atoms with E-state index in [9.17, 15) is 33.1 Å². The summed E-state index contributed by atoms with van der Waals surface area (Å²) in [5, 5.41) is 30.8. The van der Waals surface area contributed by atoms with Crippen LogP contribution in [-0.2, 0) is 38.3 Å². The molecule has 0 amide bonds. The Morgan fingerprint density at radius 1 is 0.552 bits per heavy atom. The number of allylic oxidation sites excluding steroid dienone is 2. The van der Waals surface area contributed by atoms with Crippen molar-refractivity contribution in [3.05, 3.63) is 12.2 Å². The Labute approximate surface area is 410 Å². The van der Waals surface area contributed by atoms with Crippen LogP contribution in [0.25, 0.3) is 0 Å². The zero-order valence-electron chi connectivity index (χ0n) is 43.0. The molecule has 1 rings (SSSR count). The van der Waals surface area contributed by atoms with Gasteiger partial charge in [0.1, 0.15) is 30.5 Å². The highest BCUT2D eigenvalue weighted by Crippen LogP contribution is 2.26. The van der Waals surface area contributed by atoms with Gasteiger partial charge in [0.2, 0.25) is 0 Å². The zero-order chi connectivity index (χ0) is 48.9. The summed E-state index contributed by atoms with van der Waals surface area (Å²) >= 11 is 0. The van der Waals surface area contributed by atoms with Crippen LogP contribution in [0.5, 0.6) is 0 Å². The number of carbonyl (C=O) groups excluding carboxylic acids is 1. The molecule has 1 fully saturated rings. The molecule has 0 aromatic rings. The molecule has 0 aliphatic carbocycles. The van der Waals surface area contributed by atoms with Gasteiger partial charge >= 0.3 is 16.4 Å². The summed E-state index contributed by atoms with van der Waals surface area (Å²) in [6, 6.07) is 0. The van der Waals surface area contributed by atoms with Crippen LogP contribution in [0.4, 0.5) is 0 Å². The Bertz CT molecular complexity index is 1220. The van der Waals surface area contributed by atoms with E-state index in [0.717, 1.165) is 38.5 Å². The molecule has 0 bridgehead atoms. The smallest absolute Gasteiger partial charge is 0.397 e. The fraction of sp³-hybridized carbons (Fsp3) is 0.944. The predicted octanol–water partition coefficient (Wildman–Crippen LogP) is 13.4. The third-order valence-electron chi connectivity index (χ3n) is 13.1. The molecule has 0 aromatic carbocycles. The Morgan fingerprint density at radius 3 is 1.34 bits per heavy atom. The van der Waals surface area contributed by atoms with Gasteiger partial charge in [0.25, 0.3) is 0 Å². The maximum Gasteiger partial charge on any atom is 0.397 e. The molecule has 0 saturated carbocycles. The minimum absolute atomic E-state index is 0.0422. The Hall–Kier alpha value is -1.16. The maximum atomic E-state index is 12.9. The lowest BCUT2D eigenvalue weighted by Crippen LogP contribution is -2.60. The molecule has 1 aliphatic rings. The van der Waals surface area contributed by atoms with Gasteiger partial charge in [-0.25, -0.2) is 4.18 Å². The molecular formula is C54H104O12S. The molecule has 6 atom stereocenters. The SMILES string of the molecule is CCCCCCCCCC/C=C\CCCCCCCCCCCCCCOCC(COC1OC(CO)C(O)C(OS(=O)(=O)O)C1O)OC(=O)CCCCCCCCCCCCCCCCCC. The standard InChI is InChI=1S/C54H104O12S/c1-3-5-7-9-11-13-15-17-19-21-22-23-24-25-26-27-28-30-32-34-36-38-40-42-44-62-46-48(47-63-54-52(58)53(66-67(59,60)61)51(57)49(45-55)65-54)64-50(56)43-41-39-37-35-33-31-29-20-18-16-14-12-10-8-6-4-2/h21-22,48-49,51-55,57-58H,3-20,23-47H2,1-2H3,(H,59,60,61)/b22-21-. The molecule has 67 heavy (non-hydrogen) atoms. The number of unbranched alkanes of at least 4 members (excludes halogenated alkanes) is 35. The van der Waals surface area contributed by atoms with Crippen molar-refractivity contribution in [2.45, 2.75) is 301 Å². The summed E-state index contributed by atoms with van der Waals surface area (Å²) in [4.78, 5) is 12.9. The number of aliphatic hydroxyl groups excluding tert-OH is 3. The van der Waals surface area contributed by atoms with Crippen LogP contribution in [0.2, 0.25) is 0 Å². The molecule has 4 N–H and O–H groups in total. The largest absolute Gasteiger partial charge is 0.457 e. The lowest BCUT2D eigenvalue weighted by molar-refractivity contribution is -0.301. The average molecular weight is 977 g/mol. The fourth-order valence-corrected chi connectivity index (χ4v) is 9.41. The number of hydrogen-bond acceptors (Lipinski definition) is 11. The van der Waals surface area contributed by atoms with Gasteiger partial charge in [-0.2, -0.15) is 8.42 Å². The molecule has 1 aliphatic heterocycles. The summed E-state index contributed by atoms with van der Waals surface area (Å²) in [5.41, 5.74) is 0. The fourth-order valence-electron chi connectivity index (χ4n) is 8.91. The first-order valence-corrected chi connectivity index (χ1v) is 29.3. The van der Waals surface area contributed by atoms with Gasteiger partial charge in [0, 0.05) is 13.0 Å².